The van der Waals surface area contributed by atoms with Crippen molar-refractivity contribution in [1.29, 1.82) is 0 Å². The predicted octanol–water partition coefficient (Wildman–Crippen LogP) is 4.71. The molecule has 1 aromatic heterocycles. The van der Waals surface area contributed by atoms with Gasteiger partial charge in [0.05, 0.1) is 19.9 Å². The van der Waals surface area contributed by atoms with Gasteiger partial charge in [0.25, 0.3) is 5.91 Å². The van der Waals surface area contributed by atoms with Crippen molar-refractivity contribution in [3.05, 3.63) is 71.4 Å². The lowest BCUT2D eigenvalue weighted by molar-refractivity contribution is 0.102. The minimum Gasteiger partial charge on any atom is -0.497 e. The van der Waals surface area contributed by atoms with E-state index >= 15 is 0 Å². The fourth-order valence-electron chi connectivity index (χ4n) is 2.70. The van der Waals surface area contributed by atoms with E-state index in [0.29, 0.717) is 28.6 Å². The molecule has 0 saturated heterocycles. The molecule has 0 aliphatic heterocycles. The van der Waals surface area contributed by atoms with Crippen molar-refractivity contribution in [3.63, 3.8) is 0 Å². The first-order valence-electron chi connectivity index (χ1n) is 8.84. The molecule has 0 aliphatic rings. The third-order valence-corrected chi connectivity index (χ3v) is 4.46. The molecule has 2 aromatic carbocycles. The van der Waals surface area contributed by atoms with Gasteiger partial charge < -0.3 is 20.1 Å². The summed E-state index contributed by atoms with van der Waals surface area (Å²) in [5.41, 5.74) is 4.38. The molecule has 2 N–H and O–H groups in total. The third-order valence-electron chi connectivity index (χ3n) is 4.46. The van der Waals surface area contributed by atoms with E-state index < -0.39 is 0 Å². The van der Waals surface area contributed by atoms with Crippen LogP contribution >= 0.6 is 0 Å². The van der Waals surface area contributed by atoms with Gasteiger partial charge in [0.1, 0.15) is 17.3 Å². The van der Waals surface area contributed by atoms with Crippen LogP contribution in [-0.4, -0.2) is 25.1 Å². The molecule has 0 saturated carbocycles. The maximum absolute atomic E-state index is 12.7. The summed E-state index contributed by atoms with van der Waals surface area (Å²) < 4.78 is 10.5. The van der Waals surface area contributed by atoms with E-state index in [4.69, 9.17) is 9.47 Å². The Morgan fingerprint density at radius 1 is 0.929 bits per heavy atom. The Labute approximate surface area is 164 Å². The SMILES string of the molecule is COc1ccc(NC(=O)c2ccnc(Nc3ccc(C)c(C)c3)c2)c(OC)c1. The molecule has 0 unspecified atom stereocenters. The zero-order valence-corrected chi connectivity index (χ0v) is 16.4. The van der Waals surface area contributed by atoms with Crippen LogP contribution in [-0.2, 0) is 0 Å². The number of carbonyl (C=O) groups is 1. The predicted molar refractivity (Wildman–Crippen MR) is 111 cm³/mol. The number of hydrogen-bond donors (Lipinski definition) is 2. The highest BCUT2D eigenvalue weighted by Gasteiger charge is 2.12. The van der Waals surface area contributed by atoms with Gasteiger partial charge in [-0.2, -0.15) is 0 Å². The highest BCUT2D eigenvalue weighted by Crippen LogP contribution is 2.29. The Bertz CT molecular complexity index is 1000. The number of amides is 1. The highest BCUT2D eigenvalue weighted by molar-refractivity contribution is 6.05. The van der Waals surface area contributed by atoms with Crippen molar-refractivity contribution in [3.8, 4) is 11.5 Å². The number of nitrogens with zero attached hydrogens (tertiary/aromatic N) is 1. The molecule has 0 atom stereocenters. The highest BCUT2D eigenvalue weighted by atomic mass is 16.5. The van der Waals surface area contributed by atoms with Crippen molar-refractivity contribution in [2.75, 3.05) is 24.9 Å². The lowest BCUT2D eigenvalue weighted by atomic mass is 10.1. The van der Waals surface area contributed by atoms with Crippen LogP contribution in [0.5, 0.6) is 11.5 Å². The molecular formula is C22H23N3O3. The fourth-order valence-corrected chi connectivity index (χ4v) is 2.70. The maximum Gasteiger partial charge on any atom is 0.255 e. The molecule has 3 rings (SSSR count). The van der Waals surface area contributed by atoms with Crippen molar-refractivity contribution in [2.45, 2.75) is 13.8 Å². The second-order valence-corrected chi connectivity index (χ2v) is 6.37. The molecule has 28 heavy (non-hydrogen) atoms. The Kier molecular flexibility index (Phi) is 5.79. The molecule has 1 amide bonds. The van der Waals surface area contributed by atoms with E-state index in [2.05, 4.69) is 29.5 Å². The summed E-state index contributed by atoms with van der Waals surface area (Å²) in [5.74, 6) is 1.51. The number of ether oxygens (including phenoxy) is 2. The van der Waals surface area contributed by atoms with E-state index in [1.54, 1.807) is 50.7 Å². The number of carbonyl (C=O) groups excluding carboxylic acids is 1. The van der Waals surface area contributed by atoms with E-state index in [9.17, 15) is 4.79 Å². The largest absolute Gasteiger partial charge is 0.497 e. The van der Waals surface area contributed by atoms with Gasteiger partial charge in [0.15, 0.2) is 0 Å². The molecule has 6 heteroatoms. The number of anilines is 3. The standard InChI is InChI=1S/C22H23N3O3/c1-14-5-6-17(11-15(14)2)24-21-12-16(9-10-23-21)22(26)25-19-8-7-18(27-3)13-20(19)28-4/h5-13H,1-4H3,(H,23,24)(H,25,26). The van der Waals surface area contributed by atoms with Gasteiger partial charge in [0, 0.05) is 23.5 Å². The molecular weight excluding hydrogens is 354 g/mol. The van der Waals surface area contributed by atoms with Gasteiger partial charge in [0.2, 0.25) is 0 Å². The quantitative estimate of drug-likeness (QED) is 0.651. The van der Waals surface area contributed by atoms with Crippen molar-refractivity contribution in [1.82, 2.24) is 4.98 Å². The average molecular weight is 377 g/mol. The number of benzene rings is 2. The Morgan fingerprint density at radius 3 is 2.46 bits per heavy atom. The molecule has 1 heterocycles. The van der Waals surface area contributed by atoms with Crippen LogP contribution in [0.15, 0.2) is 54.7 Å². The number of hydrogen-bond acceptors (Lipinski definition) is 5. The molecule has 6 nitrogen and oxygen atoms in total. The van der Waals surface area contributed by atoms with E-state index in [1.807, 2.05) is 18.2 Å². The van der Waals surface area contributed by atoms with Crippen LogP contribution < -0.4 is 20.1 Å². The first kappa shape index (κ1) is 19.2. The van der Waals surface area contributed by atoms with Crippen molar-refractivity contribution >= 4 is 23.1 Å². The Morgan fingerprint density at radius 2 is 1.75 bits per heavy atom. The fraction of sp³-hybridized carbons (Fsp3) is 0.182. The van der Waals surface area contributed by atoms with Crippen molar-refractivity contribution < 1.29 is 14.3 Å². The normalized spacial score (nSPS) is 10.3. The number of rotatable bonds is 6. The molecule has 3 aromatic rings. The van der Waals surface area contributed by atoms with Crippen LogP contribution in [0.1, 0.15) is 21.5 Å². The van der Waals surface area contributed by atoms with E-state index in [-0.39, 0.29) is 5.91 Å². The number of methoxy groups -OCH3 is 2. The molecule has 0 radical (unpaired) electrons. The lowest BCUT2D eigenvalue weighted by Crippen LogP contribution is -2.13. The number of aromatic nitrogens is 1. The summed E-state index contributed by atoms with van der Waals surface area (Å²) in [6.07, 6.45) is 1.60. The topological polar surface area (TPSA) is 72.5 Å². The number of nitrogens with one attached hydrogen (secondary N) is 2. The average Bonchev–Trinajstić information content (AvgIpc) is 2.71. The van der Waals surface area contributed by atoms with Gasteiger partial charge in [-0.1, -0.05) is 6.07 Å². The smallest absolute Gasteiger partial charge is 0.255 e. The van der Waals surface area contributed by atoms with Crippen LogP contribution in [0.2, 0.25) is 0 Å². The van der Waals surface area contributed by atoms with Gasteiger partial charge in [-0.15, -0.1) is 0 Å². The second kappa shape index (κ2) is 8.43. The van der Waals surface area contributed by atoms with E-state index in [1.165, 1.54) is 11.1 Å². The third kappa shape index (κ3) is 4.40. The zero-order valence-electron chi connectivity index (χ0n) is 16.4. The summed E-state index contributed by atoms with van der Waals surface area (Å²) in [6, 6.07) is 14.7. The summed E-state index contributed by atoms with van der Waals surface area (Å²) in [7, 11) is 3.12. The van der Waals surface area contributed by atoms with Crippen molar-refractivity contribution in [2.24, 2.45) is 0 Å². The zero-order chi connectivity index (χ0) is 20.1. The van der Waals surface area contributed by atoms with Gasteiger partial charge in [-0.05, 0) is 61.4 Å². The van der Waals surface area contributed by atoms with Crippen LogP contribution in [0, 0.1) is 13.8 Å². The minimum atomic E-state index is -0.256. The summed E-state index contributed by atoms with van der Waals surface area (Å²) in [4.78, 5) is 17.0. The first-order valence-corrected chi connectivity index (χ1v) is 8.84. The maximum atomic E-state index is 12.7. The molecule has 0 aliphatic carbocycles. The summed E-state index contributed by atoms with van der Waals surface area (Å²) >= 11 is 0. The van der Waals surface area contributed by atoms with Crippen LogP contribution in [0.4, 0.5) is 17.2 Å². The second-order valence-electron chi connectivity index (χ2n) is 6.37. The molecule has 144 valence electrons. The summed E-state index contributed by atoms with van der Waals surface area (Å²) in [6.45, 7) is 4.12. The number of aryl methyl sites for hydroxylation is 2. The minimum absolute atomic E-state index is 0.256. The summed E-state index contributed by atoms with van der Waals surface area (Å²) in [5, 5.41) is 6.10. The van der Waals surface area contributed by atoms with Gasteiger partial charge in [-0.3, -0.25) is 4.79 Å². The van der Waals surface area contributed by atoms with Gasteiger partial charge in [-0.25, -0.2) is 4.98 Å². The Balaban J connectivity index is 1.78. The Hall–Kier alpha value is -3.54. The lowest BCUT2D eigenvalue weighted by Gasteiger charge is -2.12. The monoisotopic (exact) mass is 377 g/mol. The molecule has 0 spiro atoms. The van der Waals surface area contributed by atoms with E-state index in [0.717, 1.165) is 5.69 Å². The molecule has 0 bridgehead atoms. The van der Waals surface area contributed by atoms with Crippen LogP contribution in [0.3, 0.4) is 0 Å². The van der Waals surface area contributed by atoms with Crippen LogP contribution in [0.25, 0.3) is 0 Å². The van der Waals surface area contributed by atoms with Gasteiger partial charge >= 0.3 is 0 Å². The number of pyridine rings is 1. The molecule has 0 fully saturated rings. The first-order chi connectivity index (χ1) is 13.5.